The first-order chi connectivity index (χ1) is 7.79. The van der Waals surface area contributed by atoms with Crippen LogP contribution in [0.1, 0.15) is 11.1 Å². The van der Waals surface area contributed by atoms with Crippen LogP contribution in [0.3, 0.4) is 0 Å². The molecule has 2 aromatic heterocycles. The monoisotopic (exact) mass is 296 g/mol. The number of thiophene rings is 1. The Bertz CT molecular complexity index is 425. The van der Waals surface area contributed by atoms with Gasteiger partial charge in [0.05, 0.1) is 0 Å². The molecule has 0 saturated heterocycles. The average Bonchev–Trinajstić information content (AvgIpc) is 2.82. The molecule has 0 bridgehead atoms. The van der Waals surface area contributed by atoms with Gasteiger partial charge in [0.2, 0.25) is 0 Å². The van der Waals surface area contributed by atoms with Gasteiger partial charge in [-0.2, -0.15) is 11.3 Å². The van der Waals surface area contributed by atoms with Crippen LogP contribution in [0.2, 0.25) is 0 Å². The summed E-state index contributed by atoms with van der Waals surface area (Å²) in [4.78, 5) is 6.58. The SMILES string of the molecule is CN(Cc1ccsc1)c1ccc(CBr)cn1. The number of halogens is 1. The third kappa shape index (κ3) is 2.83. The number of aromatic nitrogens is 1. The van der Waals surface area contributed by atoms with Crippen LogP contribution in [-0.4, -0.2) is 12.0 Å². The van der Waals surface area contributed by atoms with Crippen LogP contribution in [-0.2, 0) is 11.9 Å². The molecule has 0 aromatic carbocycles. The maximum atomic E-state index is 4.43. The molecule has 0 radical (unpaired) electrons. The molecule has 4 heteroatoms. The fourth-order valence-electron chi connectivity index (χ4n) is 1.46. The zero-order chi connectivity index (χ0) is 11.4. The fourth-order valence-corrected chi connectivity index (χ4v) is 2.45. The molecular formula is C12H13BrN2S. The summed E-state index contributed by atoms with van der Waals surface area (Å²) in [6, 6.07) is 6.30. The summed E-state index contributed by atoms with van der Waals surface area (Å²) in [7, 11) is 2.06. The van der Waals surface area contributed by atoms with E-state index in [0.29, 0.717) is 0 Å². The second-order valence-corrected chi connectivity index (χ2v) is 4.99. The molecule has 84 valence electrons. The Kier molecular flexibility index (Phi) is 3.96. The van der Waals surface area contributed by atoms with Crippen LogP contribution < -0.4 is 4.90 Å². The van der Waals surface area contributed by atoms with Crippen molar-refractivity contribution in [2.24, 2.45) is 0 Å². The molecule has 0 aliphatic carbocycles. The van der Waals surface area contributed by atoms with Crippen molar-refractivity contribution < 1.29 is 0 Å². The molecule has 0 unspecified atom stereocenters. The highest BCUT2D eigenvalue weighted by molar-refractivity contribution is 9.08. The van der Waals surface area contributed by atoms with Crippen molar-refractivity contribution in [3.05, 3.63) is 46.3 Å². The van der Waals surface area contributed by atoms with Crippen LogP contribution in [0, 0.1) is 0 Å². The molecule has 0 amide bonds. The van der Waals surface area contributed by atoms with E-state index in [-0.39, 0.29) is 0 Å². The molecule has 0 N–H and O–H groups in total. The summed E-state index contributed by atoms with van der Waals surface area (Å²) in [5.41, 5.74) is 2.53. The molecular weight excluding hydrogens is 284 g/mol. The van der Waals surface area contributed by atoms with Crippen molar-refractivity contribution in [1.82, 2.24) is 4.98 Å². The van der Waals surface area contributed by atoms with Crippen LogP contribution in [0.5, 0.6) is 0 Å². The molecule has 2 aromatic rings. The molecule has 0 aliphatic heterocycles. The lowest BCUT2D eigenvalue weighted by Crippen LogP contribution is -2.17. The van der Waals surface area contributed by atoms with E-state index in [4.69, 9.17) is 0 Å². The van der Waals surface area contributed by atoms with E-state index in [1.807, 2.05) is 6.20 Å². The van der Waals surface area contributed by atoms with E-state index in [0.717, 1.165) is 17.7 Å². The van der Waals surface area contributed by atoms with Crippen LogP contribution in [0.15, 0.2) is 35.2 Å². The van der Waals surface area contributed by atoms with Crippen molar-refractivity contribution in [2.75, 3.05) is 11.9 Å². The molecule has 2 rings (SSSR count). The minimum atomic E-state index is 0.856. The number of hydrogen-bond acceptors (Lipinski definition) is 3. The molecule has 0 aliphatic rings. The van der Waals surface area contributed by atoms with E-state index in [1.54, 1.807) is 11.3 Å². The lowest BCUT2D eigenvalue weighted by molar-refractivity contribution is 0.900. The number of anilines is 1. The molecule has 2 nitrogen and oxygen atoms in total. The zero-order valence-corrected chi connectivity index (χ0v) is 11.5. The van der Waals surface area contributed by atoms with Gasteiger partial charge in [-0.3, -0.25) is 0 Å². The summed E-state index contributed by atoms with van der Waals surface area (Å²) in [6.07, 6.45) is 1.91. The van der Waals surface area contributed by atoms with Crippen molar-refractivity contribution in [3.8, 4) is 0 Å². The summed E-state index contributed by atoms with van der Waals surface area (Å²) in [5, 5.41) is 5.13. The fraction of sp³-hybridized carbons (Fsp3) is 0.250. The standard InChI is InChI=1S/C12H13BrN2S/c1-15(8-11-4-5-16-9-11)12-3-2-10(6-13)7-14-12/h2-5,7,9H,6,8H2,1H3. The van der Waals surface area contributed by atoms with Gasteiger partial charge in [-0.1, -0.05) is 22.0 Å². The third-order valence-corrected chi connectivity index (χ3v) is 3.73. The third-order valence-electron chi connectivity index (χ3n) is 2.35. The van der Waals surface area contributed by atoms with Crippen molar-refractivity contribution >= 4 is 33.1 Å². The number of rotatable bonds is 4. The highest BCUT2D eigenvalue weighted by atomic mass is 79.9. The van der Waals surface area contributed by atoms with Gasteiger partial charge in [0.25, 0.3) is 0 Å². The molecule has 16 heavy (non-hydrogen) atoms. The Balaban J connectivity index is 2.05. The lowest BCUT2D eigenvalue weighted by atomic mass is 10.3. The number of nitrogens with zero attached hydrogens (tertiary/aromatic N) is 2. The van der Waals surface area contributed by atoms with Crippen LogP contribution in [0.4, 0.5) is 5.82 Å². The highest BCUT2D eigenvalue weighted by Crippen LogP contribution is 2.15. The Morgan fingerprint density at radius 1 is 1.31 bits per heavy atom. The topological polar surface area (TPSA) is 16.1 Å². The second-order valence-electron chi connectivity index (χ2n) is 3.65. The highest BCUT2D eigenvalue weighted by Gasteiger charge is 2.03. The first-order valence-corrected chi connectivity index (χ1v) is 7.09. The molecule has 0 spiro atoms. The summed E-state index contributed by atoms with van der Waals surface area (Å²) < 4.78 is 0. The summed E-state index contributed by atoms with van der Waals surface area (Å²) in [5.74, 6) is 1.01. The lowest BCUT2D eigenvalue weighted by Gasteiger charge is -2.17. The van der Waals surface area contributed by atoms with Gasteiger partial charge in [0.1, 0.15) is 5.82 Å². The van der Waals surface area contributed by atoms with Gasteiger partial charge < -0.3 is 4.90 Å². The Morgan fingerprint density at radius 3 is 2.75 bits per heavy atom. The van der Waals surface area contributed by atoms with Gasteiger partial charge in [-0.15, -0.1) is 0 Å². The Labute approximate surface area is 108 Å². The predicted octanol–water partition coefficient (Wildman–Crippen LogP) is 3.67. The minimum absolute atomic E-state index is 0.856. The first kappa shape index (κ1) is 11.6. The van der Waals surface area contributed by atoms with Gasteiger partial charge in [0, 0.05) is 25.1 Å². The maximum absolute atomic E-state index is 4.43. The molecule has 0 saturated carbocycles. The molecule has 0 fully saturated rings. The quantitative estimate of drug-likeness (QED) is 0.800. The Morgan fingerprint density at radius 2 is 2.19 bits per heavy atom. The van der Waals surface area contributed by atoms with Gasteiger partial charge in [0.15, 0.2) is 0 Å². The van der Waals surface area contributed by atoms with Crippen molar-refractivity contribution in [3.63, 3.8) is 0 Å². The Hall–Kier alpha value is -0.870. The normalized spacial score (nSPS) is 10.4. The summed E-state index contributed by atoms with van der Waals surface area (Å²) in [6.45, 7) is 0.907. The van der Waals surface area contributed by atoms with Crippen LogP contribution >= 0.6 is 27.3 Å². The average molecular weight is 297 g/mol. The predicted molar refractivity (Wildman–Crippen MR) is 73.3 cm³/mol. The minimum Gasteiger partial charge on any atom is -0.355 e. The zero-order valence-electron chi connectivity index (χ0n) is 9.06. The van der Waals surface area contributed by atoms with Gasteiger partial charge >= 0.3 is 0 Å². The second kappa shape index (κ2) is 5.46. The summed E-state index contributed by atoms with van der Waals surface area (Å²) >= 11 is 5.14. The smallest absolute Gasteiger partial charge is 0.128 e. The van der Waals surface area contributed by atoms with E-state index >= 15 is 0 Å². The number of hydrogen-bond donors (Lipinski definition) is 0. The maximum Gasteiger partial charge on any atom is 0.128 e. The van der Waals surface area contributed by atoms with E-state index in [1.165, 1.54) is 11.1 Å². The van der Waals surface area contributed by atoms with Crippen LogP contribution in [0.25, 0.3) is 0 Å². The van der Waals surface area contributed by atoms with E-state index in [9.17, 15) is 0 Å². The first-order valence-electron chi connectivity index (χ1n) is 5.02. The molecule has 2 heterocycles. The van der Waals surface area contributed by atoms with Gasteiger partial charge in [-0.05, 0) is 34.0 Å². The number of alkyl halides is 1. The molecule has 0 atom stereocenters. The number of pyridine rings is 1. The van der Waals surface area contributed by atoms with Crippen molar-refractivity contribution in [1.29, 1.82) is 0 Å². The van der Waals surface area contributed by atoms with Gasteiger partial charge in [-0.25, -0.2) is 4.98 Å². The van der Waals surface area contributed by atoms with Crippen molar-refractivity contribution in [2.45, 2.75) is 11.9 Å². The van der Waals surface area contributed by atoms with E-state index < -0.39 is 0 Å². The largest absolute Gasteiger partial charge is 0.355 e. The van der Waals surface area contributed by atoms with E-state index in [2.05, 4.69) is 61.8 Å².